The van der Waals surface area contributed by atoms with Gasteiger partial charge in [-0.25, -0.2) is 0 Å². The number of carbonyl (C=O) groups excluding carboxylic acids is 1. The Labute approximate surface area is 167 Å². The number of aryl methyl sites for hydroxylation is 1. The van der Waals surface area contributed by atoms with E-state index in [4.69, 9.17) is 4.42 Å². The normalized spacial score (nSPS) is 11.1. The summed E-state index contributed by atoms with van der Waals surface area (Å²) in [5, 5.41) is 10.9. The molecule has 0 amide bonds. The van der Waals surface area contributed by atoms with Gasteiger partial charge in [-0.1, -0.05) is 31.5 Å². The van der Waals surface area contributed by atoms with Crippen LogP contribution in [0.1, 0.15) is 41.4 Å². The van der Waals surface area contributed by atoms with Crippen molar-refractivity contribution in [3.05, 3.63) is 60.4 Å². The maximum atomic E-state index is 13.0. The fourth-order valence-electron chi connectivity index (χ4n) is 2.71. The number of rotatable bonds is 5. The number of aromatic hydroxyl groups is 1. The zero-order valence-electron chi connectivity index (χ0n) is 13.1. The molecular weight excluding hydrogens is 530 g/mol. The number of unbranched alkanes of at least 4 members (excludes halogenated alkanes) is 1. The van der Waals surface area contributed by atoms with Gasteiger partial charge in [0.2, 0.25) is 5.78 Å². The van der Waals surface area contributed by atoms with E-state index in [9.17, 15) is 9.90 Å². The van der Waals surface area contributed by atoms with E-state index in [0.717, 1.165) is 35.8 Å². The van der Waals surface area contributed by atoms with Crippen molar-refractivity contribution in [3.63, 3.8) is 0 Å². The molecule has 1 heterocycles. The van der Waals surface area contributed by atoms with E-state index in [1.54, 1.807) is 12.1 Å². The molecule has 0 aliphatic rings. The summed E-state index contributed by atoms with van der Waals surface area (Å²) in [5.41, 5.74) is 2.27. The van der Waals surface area contributed by atoms with Gasteiger partial charge >= 0.3 is 0 Å². The lowest BCUT2D eigenvalue weighted by molar-refractivity contribution is 0.101. The largest absolute Gasteiger partial charge is 0.506 e. The standard InChI is InChI=1S/C19H16I2O3/c1-2-3-6-13-12-7-4-5-8-16(12)24-19(13)17(22)11-9-14(20)18(23)15(21)10-11/h4-5,7-10,23H,2-3,6H2,1H3. The molecule has 3 rings (SSSR count). The SMILES string of the molecule is CCCCc1c(C(=O)c2cc(I)c(O)c(I)c2)oc2ccccc12. The maximum Gasteiger partial charge on any atom is 0.228 e. The number of para-hydroxylation sites is 1. The van der Waals surface area contributed by atoms with Crippen molar-refractivity contribution in [2.75, 3.05) is 0 Å². The van der Waals surface area contributed by atoms with Gasteiger partial charge in [-0.2, -0.15) is 0 Å². The number of fused-ring (bicyclic) bond motifs is 1. The average molecular weight is 546 g/mol. The van der Waals surface area contributed by atoms with Crippen LogP contribution in [-0.2, 0) is 6.42 Å². The lowest BCUT2D eigenvalue weighted by Gasteiger charge is -2.06. The second kappa shape index (κ2) is 7.43. The summed E-state index contributed by atoms with van der Waals surface area (Å²) < 4.78 is 7.23. The molecule has 0 unspecified atom stereocenters. The number of phenolic OH excluding ortho intramolecular Hbond substituents is 1. The first-order chi connectivity index (χ1) is 11.5. The van der Waals surface area contributed by atoms with Gasteiger partial charge in [0.25, 0.3) is 0 Å². The van der Waals surface area contributed by atoms with Crippen molar-refractivity contribution >= 4 is 61.9 Å². The van der Waals surface area contributed by atoms with E-state index in [1.165, 1.54) is 0 Å². The van der Waals surface area contributed by atoms with Crippen molar-refractivity contribution in [2.45, 2.75) is 26.2 Å². The molecule has 0 aliphatic carbocycles. The van der Waals surface area contributed by atoms with Crippen LogP contribution >= 0.6 is 45.2 Å². The number of furan rings is 1. The second-order valence-electron chi connectivity index (χ2n) is 5.63. The summed E-state index contributed by atoms with van der Waals surface area (Å²) in [6.07, 6.45) is 2.89. The van der Waals surface area contributed by atoms with E-state index in [2.05, 4.69) is 6.92 Å². The number of hydrogen-bond donors (Lipinski definition) is 1. The highest BCUT2D eigenvalue weighted by Crippen LogP contribution is 2.32. The van der Waals surface area contributed by atoms with Crippen molar-refractivity contribution in [1.29, 1.82) is 0 Å². The summed E-state index contributed by atoms with van der Waals surface area (Å²) >= 11 is 4.07. The number of benzene rings is 2. The van der Waals surface area contributed by atoms with E-state index >= 15 is 0 Å². The Bertz CT molecular complexity index is 889. The van der Waals surface area contributed by atoms with Crippen LogP contribution in [0.15, 0.2) is 40.8 Å². The predicted octanol–water partition coefficient (Wildman–Crippen LogP) is 5.92. The highest BCUT2D eigenvalue weighted by molar-refractivity contribution is 14.1. The molecule has 24 heavy (non-hydrogen) atoms. The maximum absolute atomic E-state index is 13.0. The third-order valence-electron chi connectivity index (χ3n) is 3.96. The minimum atomic E-state index is -0.131. The topological polar surface area (TPSA) is 50.4 Å². The number of hydrogen-bond acceptors (Lipinski definition) is 3. The lowest BCUT2D eigenvalue weighted by Crippen LogP contribution is -2.04. The van der Waals surface area contributed by atoms with Crippen molar-refractivity contribution in [2.24, 2.45) is 0 Å². The highest BCUT2D eigenvalue weighted by atomic mass is 127. The Kier molecular flexibility index (Phi) is 5.49. The van der Waals surface area contributed by atoms with Crippen LogP contribution in [0.2, 0.25) is 0 Å². The Balaban J connectivity index is 2.12. The molecule has 0 atom stereocenters. The molecule has 1 aromatic heterocycles. The summed E-state index contributed by atoms with van der Waals surface area (Å²) in [6, 6.07) is 11.2. The van der Waals surface area contributed by atoms with E-state index < -0.39 is 0 Å². The van der Waals surface area contributed by atoms with E-state index in [-0.39, 0.29) is 11.5 Å². The van der Waals surface area contributed by atoms with Gasteiger partial charge in [-0.3, -0.25) is 4.79 Å². The summed E-state index contributed by atoms with van der Waals surface area (Å²) in [6.45, 7) is 2.13. The lowest BCUT2D eigenvalue weighted by atomic mass is 10.00. The number of ketones is 1. The first-order valence-corrected chi connectivity index (χ1v) is 9.91. The quantitative estimate of drug-likeness (QED) is 0.320. The molecule has 0 aliphatic heterocycles. The molecule has 1 N–H and O–H groups in total. The van der Waals surface area contributed by atoms with Crippen LogP contribution in [0, 0.1) is 7.14 Å². The van der Waals surface area contributed by atoms with Crippen molar-refractivity contribution < 1.29 is 14.3 Å². The fourth-order valence-corrected chi connectivity index (χ4v) is 4.48. The molecule has 124 valence electrons. The molecule has 0 saturated carbocycles. The monoisotopic (exact) mass is 546 g/mol. The average Bonchev–Trinajstić information content (AvgIpc) is 2.95. The highest BCUT2D eigenvalue weighted by Gasteiger charge is 2.22. The summed E-state index contributed by atoms with van der Waals surface area (Å²) in [7, 11) is 0. The van der Waals surface area contributed by atoms with Crippen LogP contribution in [0.4, 0.5) is 0 Å². The molecule has 0 radical (unpaired) electrons. The number of carbonyl (C=O) groups is 1. The van der Waals surface area contributed by atoms with Crippen LogP contribution in [-0.4, -0.2) is 10.9 Å². The third kappa shape index (κ3) is 3.33. The Morgan fingerprint density at radius 3 is 2.50 bits per heavy atom. The van der Waals surface area contributed by atoms with E-state index in [1.807, 2.05) is 69.4 Å². The molecule has 0 bridgehead atoms. The second-order valence-corrected chi connectivity index (χ2v) is 7.95. The molecule has 0 spiro atoms. The van der Waals surface area contributed by atoms with Crippen LogP contribution in [0.5, 0.6) is 5.75 Å². The Hall–Kier alpha value is -1.09. The molecule has 2 aromatic carbocycles. The molecule has 0 fully saturated rings. The predicted molar refractivity (Wildman–Crippen MR) is 112 cm³/mol. The fraction of sp³-hybridized carbons (Fsp3) is 0.211. The summed E-state index contributed by atoms with van der Waals surface area (Å²) in [5.74, 6) is 0.499. The Morgan fingerprint density at radius 2 is 1.83 bits per heavy atom. The van der Waals surface area contributed by atoms with Crippen molar-refractivity contribution in [1.82, 2.24) is 0 Å². The molecule has 5 heteroatoms. The molecular formula is C19H16I2O3. The van der Waals surface area contributed by atoms with Gasteiger partial charge < -0.3 is 9.52 Å². The molecule has 3 nitrogen and oxygen atoms in total. The van der Waals surface area contributed by atoms with Crippen LogP contribution in [0.3, 0.4) is 0 Å². The first kappa shape index (κ1) is 17.7. The Morgan fingerprint density at radius 1 is 1.17 bits per heavy atom. The van der Waals surface area contributed by atoms with Gasteiger partial charge in [0.15, 0.2) is 5.76 Å². The number of halogens is 2. The zero-order valence-corrected chi connectivity index (χ0v) is 17.4. The minimum absolute atomic E-state index is 0.131. The van der Waals surface area contributed by atoms with Gasteiger partial charge in [0.1, 0.15) is 11.3 Å². The van der Waals surface area contributed by atoms with Gasteiger partial charge in [-0.15, -0.1) is 0 Å². The molecule has 0 saturated heterocycles. The van der Waals surface area contributed by atoms with Gasteiger partial charge in [0, 0.05) is 16.5 Å². The van der Waals surface area contributed by atoms with Gasteiger partial charge in [0.05, 0.1) is 7.14 Å². The summed E-state index contributed by atoms with van der Waals surface area (Å²) in [4.78, 5) is 13.0. The van der Waals surface area contributed by atoms with Crippen LogP contribution in [0.25, 0.3) is 11.0 Å². The third-order valence-corrected chi connectivity index (χ3v) is 5.61. The zero-order chi connectivity index (χ0) is 17.3. The smallest absolute Gasteiger partial charge is 0.228 e. The van der Waals surface area contributed by atoms with Gasteiger partial charge in [-0.05, 0) is 76.2 Å². The van der Waals surface area contributed by atoms with E-state index in [0.29, 0.717) is 18.5 Å². The van der Waals surface area contributed by atoms with Crippen LogP contribution < -0.4 is 0 Å². The molecule has 3 aromatic rings. The first-order valence-electron chi connectivity index (χ1n) is 7.76. The van der Waals surface area contributed by atoms with Crippen molar-refractivity contribution in [3.8, 4) is 5.75 Å². The number of phenols is 1. The minimum Gasteiger partial charge on any atom is -0.506 e.